The lowest BCUT2D eigenvalue weighted by Gasteiger charge is -2.23. The van der Waals surface area contributed by atoms with Crippen molar-refractivity contribution in [1.29, 1.82) is 0 Å². The third-order valence-electron chi connectivity index (χ3n) is 3.97. The molecule has 2 aromatic rings. The second kappa shape index (κ2) is 8.42. The summed E-state index contributed by atoms with van der Waals surface area (Å²) in [5.74, 6) is 1.42. The van der Waals surface area contributed by atoms with E-state index in [1.165, 1.54) is 0 Å². The van der Waals surface area contributed by atoms with Crippen LogP contribution in [0.1, 0.15) is 25.2 Å². The standard InChI is InChI=1S/C15H20N4O2S.ClH/c1-19(11-7-8-16-10-11)14(20)6-2-5-13-17-15(18-21-13)12-4-3-9-22-12;/h3-4,9,11,16H,2,5-8,10H2,1H3;1H. The van der Waals surface area contributed by atoms with E-state index >= 15 is 0 Å². The number of aryl methyl sites for hydroxylation is 1. The second-order valence-electron chi connectivity index (χ2n) is 5.49. The summed E-state index contributed by atoms with van der Waals surface area (Å²) in [6.07, 6.45) is 2.93. The van der Waals surface area contributed by atoms with Crippen LogP contribution < -0.4 is 5.32 Å². The number of aromatic nitrogens is 2. The van der Waals surface area contributed by atoms with E-state index in [4.69, 9.17) is 4.52 Å². The second-order valence-corrected chi connectivity index (χ2v) is 6.44. The Labute approximate surface area is 145 Å². The predicted octanol–water partition coefficient (Wildman–Crippen LogP) is 2.36. The Morgan fingerprint density at radius 2 is 2.43 bits per heavy atom. The molecular weight excluding hydrogens is 336 g/mol. The van der Waals surface area contributed by atoms with E-state index in [2.05, 4.69) is 15.5 Å². The molecule has 0 spiro atoms. The van der Waals surface area contributed by atoms with Crippen molar-refractivity contribution in [3.63, 3.8) is 0 Å². The number of hydrogen-bond donors (Lipinski definition) is 1. The average Bonchev–Trinajstić information content (AvgIpc) is 3.26. The first-order valence-corrected chi connectivity index (χ1v) is 8.45. The molecule has 3 heterocycles. The fourth-order valence-corrected chi connectivity index (χ4v) is 3.25. The summed E-state index contributed by atoms with van der Waals surface area (Å²) in [5, 5.41) is 9.24. The van der Waals surface area contributed by atoms with Crippen LogP contribution >= 0.6 is 23.7 Å². The Balaban J connectivity index is 0.00000192. The quantitative estimate of drug-likeness (QED) is 0.860. The summed E-state index contributed by atoms with van der Waals surface area (Å²) in [6, 6.07) is 4.26. The maximum atomic E-state index is 12.1. The zero-order valence-electron chi connectivity index (χ0n) is 13.0. The smallest absolute Gasteiger partial charge is 0.226 e. The number of carbonyl (C=O) groups is 1. The molecule has 1 unspecified atom stereocenters. The molecule has 1 aliphatic heterocycles. The Kier molecular flexibility index (Phi) is 6.56. The van der Waals surface area contributed by atoms with Crippen LogP contribution in [0.5, 0.6) is 0 Å². The zero-order valence-corrected chi connectivity index (χ0v) is 14.7. The number of nitrogens with zero attached hydrogens (tertiary/aromatic N) is 3. The Morgan fingerprint density at radius 1 is 1.57 bits per heavy atom. The van der Waals surface area contributed by atoms with Crippen LogP contribution in [-0.4, -0.2) is 47.1 Å². The third kappa shape index (κ3) is 4.53. The molecular formula is C15H21ClN4O2S. The van der Waals surface area contributed by atoms with Gasteiger partial charge in [0.1, 0.15) is 0 Å². The van der Waals surface area contributed by atoms with Crippen molar-refractivity contribution in [2.24, 2.45) is 0 Å². The van der Waals surface area contributed by atoms with Gasteiger partial charge in [-0.25, -0.2) is 0 Å². The molecule has 0 radical (unpaired) electrons. The summed E-state index contributed by atoms with van der Waals surface area (Å²) < 4.78 is 5.24. The number of rotatable bonds is 6. The highest BCUT2D eigenvalue weighted by Crippen LogP contribution is 2.21. The lowest BCUT2D eigenvalue weighted by Crippen LogP contribution is -2.38. The number of amides is 1. The van der Waals surface area contributed by atoms with Crippen molar-refractivity contribution in [2.45, 2.75) is 31.7 Å². The molecule has 126 valence electrons. The Morgan fingerprint density at radius 3 is 3.13 bits per heavy atom. The van der Waals surface area contributed by atoms with E-state index in [1.54, 1.807) is 11.3 Å². The van der Waals surface area contributed by atoms with Crippen molar-refractivity contribution >= 4 is 29.7 Å². The highest BCUT2D eigenvalue weighted by molar-refractivity contribution is 7.13. The molecule has 0 aliphatic carbocycles. The van der Waals surface area contributed by atoms with Gasteiger partial charge in [-0.2, -0.15) is 4.98 Å². The van der Waals surface area contributed by atoms with Crippen molar-refractivity contribution < 1.29 is 9.32 Å². The van der Waals surface area contributed by atoms with E-state index in [0.29, 0.717) is 30.6 Å². The van der Waals surface area contributed by atoms with Gasteiger partial charge in [-0.15, -0.1) is 23.7 Å². The number of thiophene rings is 1. The van der Waals surface area contributed by atoms with Crippen LogP contribution in [0.25, 0.3) is 10.7 Å². The summed E-state index contributed by atoms with van der Waals surface area (Å²) in [6.45, 7) is 1.89. The van der Waals surface area contributed by atoms with Crippen molar-refractivity contribution in [2.75, 3.05) is 20.1 Å². The first-order chi connectivity index (χ1) is 10.7. The van der Waals surface area contributed by atoms with E-state index in [0.717, 1.165) is 30.8 Å². The fraction of sp³-hybridized carbons (Fsp3) is 0.533. The largest absolute Gasteiger partial charge is 0.341 e. The van der Waals surface area contributed by atoms with Gasteiger partial charge in [-0.1, -0.05) is 11.2 Å². The molecule has 0 aromatic carbocycles. The molecule has 0 saturated carbocycles. The van der Waals surface area contributed by atoms with Gasteiger partial charge in [0.25, 0.3) is 0 Å². The van der Waals surface area contributed by atoms with Gasteiger partial charge in [0, 0.05) is 32.5 Å². The zero-order chi connectivity index (χ0) is 15.4. The number of hydrogen-bond acceptors (Lipinski definition) is 6. The molecule has 23 heavy (non-hydrogen) atoms. The molecule has 1 amide bonds. The first-order valence-electron chi connectivity index (χ1n) is 7.57. The molecule has 1 aliphatic rings. The van der Waals surface area contributed by atoms with Crippen LogP contribution in [0.15, 0.2) is 22.0 Å². The first kappa shape index (κ1) is 17.9. The van der Waals surface area contributed by atoms with Crippen molar-refractivity contribution in [3.8, 4) is 10.7 Å². The summed E-state index contributed by atoms with van der Waals surface area (Å²) in [5.41, 5.74) is 0. The molecule has 1 N–H and O–H groups in total. The Bertz CT molecular complexity index is 611. The molecule has 3 rings (SSSR count). The number of halogens is 1. The van der Waals surface area contributed by atoms with Gasteiger partial charge >= 0.3 is 0 Å². The van der Waals surface area contributed by atoms with Gasteiger partial charge < -0.3 is 14.7 Å². The van der Waals surface area contributed by atoms with Gasteiger partial charge in [0.2, 0.25) is 17.6 Å². The average molecular weight is 357 g/mol. The number of carbonyl (C=O) groups excluding carboxylic acids is 1. The molecule has 1 atom stereocenters. The highest BCUT2D eigenvalue weighted by Gasteiger charge is 2.22. The van der Waals surface area contributed by atoms with Crippen LogP contribution in [0.3, 0.4) is 0 Å². The molecule has 8 heteroatoms. The van der Waals surface area contributed by atoms with Crippen LogP contribution in [0, 0.1) is 0 Å². The third-order valence-corrected chi connectivity index (χ3v) is 4.83. The lowest BCUT2D eigenvalue weighted by atomic mass is 10.2. The molecule has 1 fully saturated rings. The van der Waals surface area contributed by atoms with Gasteiger partial charge in [0.05, 0.1) is 4.88 Å². The van der Waals surface area contributed by atoms with E-state index in [1.807, 2.05) is 29.5 Å². The molecule has 6 nitrogen and oxygen atoms in total. The van der Waals surface area contributed by atoms with E-state index in [9.17, 15) is 4.79 Å². The highest BCUT2D eigenvalue weighted by atomic mass is 35.5. The maximum absolute atomic E-state index is 12.1. The van der Waals surface area contributed by atoms with Crippen LogP contribution in [0.2, 0.25) is 0 Å². The fourth-order valence-electron chi connectivity index (χ4n) is 2.60. The van der Waals surface area contributed by atoms with Crippen molar-refractivity contribution in [1.82, 2.24) is 20.4 Å². The SMILES string of the molecule is CN(C(=O)CCCc1nc(-c2cccs2)no1)C1CCNC1.Cl. The minimum Gasteiger partial charge on any atom is -0.341 e. The lowest BCUT2D eigenvalue weighted by molar-refractivity contribution is -0.131. The summed E-state index contributed by atoms with van der Waals surface area (Å²) >= 11 is 1.58. The summed E-state index contributed by atoms with van der Waals surface area (Å²) in [7, 11) is 1.89. The monoisotopic (exact) mass is 356 g/mol. The topological polar surface area (TPSA) is 71.3 Å². The molecule has 1 saturated heterocycles. The number of nitrogens with one attached hydrogen (secondary N) is 1. The minimum absolute atomic E-state index is 0. The number of likely N-dealkylation sites (N-methyl/N-ethyl adjacent to an activating group) is 1. The maximum Gasteiger partial charge on any atom is 0.226 e. The van der Waals surface area contributed by atoms with Gasteiger partial charge in [-0.05, 0) is 30.8 Å². The normalized spacial score (nSPS) is 17.0. The van der Waals surface area contributed by atoms with Crippen LogP contribution in [-0.2, 0) is 11.2 Å². The van der Waals surface area contributed by atoms with Gasteiger partial charge in [-0.3, -0.25) is 4.79 Å². The van der Waals surface area contributed by atoms with E-state index in [-0.39, 0.29) is 18.3 Å². The summed E-state index contributed by atoms with van der Waals surface area (Å²) in [4.78, 5) is 19.4. The van der Waals surface area contributed by atoms with Crippen molar-refractivity contribution in [3.05, 3.63) is 23.4 Å². The molecule has 0 bridgehead atoms. The van der Waals surface area contributed by atoms with E-state index < -0.39 is 0 Å². The van der Waals surface area contributed by atoms with Gasteiger partial charge in [0.15, 0.2) is 0 Å². The minimum atomic E-state index is 0. The Hall–Kier alpha value is -1.44. The van der Waals surface area contributed by atoms with Crippen LogP contribution in [0.4, 0.5) is 0 Å². The predicted molar refractivity (Wildman–Crippen MR) is 91.8 cm³/mol. The molecule has 2 aromatic heterocycles.